The van der Waals surface area contributed by atoms with Crippen LogP contribution in [0.4, 0.5) is 5.69 Å². The maximum atomic E-state index is 11.4. The fraction of sp³-hybridized carbons (Fsp3) is 0.455. The lowest BCUT2D eigenvalue weighted by molar-refractivity contribution is 0.0498. The van der Waals surface area contributed by atoms with E-state index in [1.807, 2.05) is 32.0 Å². The Morgan fingerprint density at radius 2 is 2.20 bits per heavy atom. The first-order valence-electron chi connectivity index (χ1n) is 4.95. The zero-order valence-corrected chi connectivity index (χ0v) is 9.36. The number of hydrogen-bond acceptors (Lipinski definition) is 4. The molecule has 1 aromatic heterocycles. The average Bonchev–Trinajstić information content (AvgIpc) is 2.26. The summed E-state index contributed by atoms with van der Waals surface area (Å²) in [6.07, 6.45) is 2.48. The van der Waals surface area contributed by atoms with Crippen molar-refractivity contribution in [2.45, 2.75) is 13.3 Å². The number of pyridine rings is 1. The zero-order chi connectivity index (χ0) is 11.3. The van der Waals surface area contributed by atoms with Crippen molar-refractivity contribution < 1.29 is 9.53 Å². The summed E-state index contributed by atoms with van der Waals surface area (Å²) < 4.78 is 4.96. The van der Waals surface area contributed by atoms with Crippen molar-refractivity contribution in [1.29, 1.82) is 0 Å². The fourth-order valence-electron chi connectivity index (χ4n) is 1.04. The van der Waals surface area contributed by atoms with E-state index in [1.54, 1.807) is 12.3 Å². The number of carbonyl (C=O) groups is 1. The van der Waals surface area contributed by atoms with Crippen molar-refractivity contribution in [2.75, 3.05) is 25.6 Å². The molecule has 0 amide bonds. The number of rotatable bonds is 4. The van der Waals surface area contributed by atoms with E-state index < -0.39 is 0 Å². The van der Waals surface area contributed by atoms with Crippen LogP contribution in [0.3, 0.4) is 0 Å². The third-order valence-electron chi connectivity index (χ3n) is 1.91. The molecule has 0 saturated heterocycles. The average molecular weight is 208 g/mol. The predicted molar refractivity (Wildman–Crippen MR) is 59.1 cm³/mol. The maximum Gasteiger partial charge on any atom is 0.356 e. The maximum absolute atomic E-state index is 11.4. The van der Waals surface area contributed by atoms with Gasteiger partial charge in [-0.05, 0) is 18.6 Å². The van der Waals surface area contributed by atoms with Crippen LogP contribution in [0.5, 0.6) is 0 Å². The van der Waals surface area contributed by atoms with Gasteiger partial charge in [-0.1, -0.05) is 6.92 Å². The molecule has 0 atom stereocenters. The molecule has 1 rings (SSSR count). The van der Waals surface area contributed by atoms with E-state index >= 15 is 0 Å². The molecule has 1 heterocycles. The highest BCUT2D eigenvalue weighted by Crippen LogP contribution is 2.09. The van der Waals surface area contributed by atoms with Gasteiger partial charge in [0, 0.05) is 14.1 Å². The first-order chi connectivity index (χ1) is 7.15. The molecule has 0 aliphatic rings. The van der Waals surface area contributed by atoms with E-state index in [2.05, 4.69) is 4.98 Å². The monoisotopic (exact) mass is 208 g/mol. The molecule has 0 N–H and O–H groups in total. The number of carbonyl (C=O) groups excluding carboxylic acids is 1. The molecule has 4 nitrogen and oxygen atoms in total. The highest BCUT2D eigenvalue weighted by molar-refractivity contribution is 5.87. The standard InChI is InChI=1S/C11H16N2O2/c1-4-7-15-11(14)10-6-5-9(8-12-10)13(2)3/h5-6,8H,4,7H2,1-3H3. The number of hydrogen-bond donors (Lipinski definition) is 0. The van der Waals surface area contributed by atoms with Crippen LogP contribution in [0.25, 0.3) is 0 Å². The Hall–Kier alpha value is -1.58. The Kier molecular flexibility index (Phi) is 4.09. The van der Waals surface area contributed by atoms with Crippen molar-refractivity contribution in [3.63, 3.8) is 0 Å². The highest BCUT2D eigenvalue weighted by Gasteiger charge is 2.07. The summed E-state index contributed by atoms with van der Waals surface area (Å²) >= 11 is 0. The summed E-state index contributed by atoms with van der Waals surface area (Å²) in [5, 5.41) is 0. The minimum absolute atomic E-state index is 0.356. The van der Waals surface area contributed by atoms with E-state index in [9.17, 15) is 4.79 Å². The van der Waals surface area contributed by atoms with Crippen LogP contribution in [0.15, 0.2) is 18.3 Å². The first kappa shape index (κ1) is 11.5. The number of esters is 1. The molecule has 0 aliphatic heterocycles. The number of ether oxygens (including phenoxy) is 1. The van der Waals surface area contributed by atoms with Gasteiger partial charge in [-0.15, -0.1) is 0 Å². The summed E-state index contributed by atoms with van der Waals surface area (Å²) in [6.45, 7) is 2.39. The van der Waals surface area contributed by atoms with E-state index in [-0.39, 0.29) is 5.97 Å². The Labute approximate surface area is 89.9 Å². The molecule has 82 valence electrons. The molecule has 0 bridgehead atoms. The van der Waals surface area contributed by atoms with Crippen molar-refractivity contribution >= 4 is 11.7 Å². The number of aromatic nitrogens is 1. The molecule has 0 aliphatic carbocycles. The topological polar surface area (TPSA) is 42.4 Å². The van der Waals surface area contributed by atoms with Gasteiger partial charge in [0.1, 0.15) is 5.69 Å². The second kappa shape index (κ2) is 5.34. The van der Waals surface area contributed by atoms with E-state index in [0.29, 0.717) is 12.3 Å². The van der Waals surface area contributed by atoms with Gasteiger partial charge in [0.15, 0.2) is 0 Å². The fourth-order valence-corrected chi connectivity index (χ4v) is 1.04. The summed E-state index contributed by atoms with van der Waals surface area (Å²) in [5.41, 5.74) is 1.32. The Morgan fingerprint density at radius 1 is 1.47 bits per heavy atom. The molecule has 15 heavy (non-hydrogen) atoms. The molecule has 0 unspecified atom stereocenters. The second-order valence-electron chi connectivity index (χ2n) is 3.43. The van der Waals surface area contributed by atoms with E-state index in [0.717, 1.165) is 12.1 Å². The van der Waals surface area contributed by atoms with Crippen molar-refractivity contribution in [3.05, 3.63) is 24.0 Å². The minimum atomic E-state index is -0.359. The van der Waals surface area contributed by atoms with Gasteiger partial charge >= 0.3 is 5.97 Å². The third kappa shape index (κ3) is 3.23. The Morgan fingerprint density at radius 3 is 2.67 bits per heavy atom. The smallest absolute Gasteiger partial charge is 0.356 e. The van der Waals surface area contributed by atoms with Gasteiger partial charge in [0.2, 0.25) is 0 Å². The number of nitrogens with zero attached hydrogens (tertiary/aromatic N) is 2. The summed E-state index contributed by atoms with van der Waals surface area (Å²) in [5.74, 6) is -0.359. The number of anilines is 1. The molecule has 0 saturated carbocycles. The minimum Gasteiger partial charge on any atom is -0.461 e. The lowest BCUT2D eigenvalue weighted by Crippen LogP contribution is -2.11. The molecular weight excluding hydrogens is 192 g/mol. The van der Waals surface area contributed by atoms with Crippen LogP contribution in [-0.4, -0.2) is 31.7 Å². The Bertz CT molecular complexity index is 320. The summed E-state index contributed by atoms with van der Waals surface area (Å²) in [6, 6.07) is 3.52. The quantitative estimate of drug-likeness (QED) is 0.706. The largest absolute Gasteiger partial charge is 0.461 e. The van der Waals surface area contributed by atoms with Crippen molar-refractivity contribution in [1.82, 2.24) is 4.98 Å². The molecule has 0 spiro atoms. The van der Waals surface area contributed by atoms with Gasteiger partial charge in [-0.3, -0.25) is 0 Å². The molecule has 0 radical (unpaired) electrons. The van der Waals surface area contributed by atoms with Crippen molar-refractivity contribution in [2.24, 2.45) is 0 Å². The summed E-state index contributed by atoms with van der Waals surface area (Å²) in [4.78, 5) is 17.3. The highest BCUT2D eigenvalue weighted by atomic mass is 16.5. The van der Waals surface area contributed by atoms with Gasteiger partial charge in [0.05, 0.1) is 18.5 Å². The Balaban J connectivity index is 2.67. The second-order valence-corrected chi connectivity index (χ2v) is 3.43. The van der Waals surface area contributed by atoms with Crippen LogP contribution in [-0.2, 0) is 4.74 Å². The molecular formula is C11H16N2O2. The van der Waals surface area contributed by atoms with Crippen LogP contribution >= 0.6 is 0 Å². The normalized spacial score (nSPS) is 9.80. The molecule has 0 fully saturated rings. The SMILES string of the molecule is CCCOC(=O)c1ccc(N(C)C)cn1. The van der Waals surface area contributed by atoms with E-state index in [1.165, 1.54) is 0 Å². The van der Waals surface area contributed by atoms with Crippen LogP contribution in [0, 0.1) is 0 Å². The first-order valence-corrected chi connectivity index (χ1v) is 4.95. The predicted octanol–water partition coefficient (Wildman–Crippen LogP) is 1.71. The molecule has 1 aromatic rings. The molecule has 4 heteroatoms. The summed E-state index contributed by atoms with van der Waals surface area (Å²) in [7, 11) is 3.85. The van der Waals surface area contributed by atoms with Gasteiger partial charge in [0.25, 0.3) is 0 Å². The lowest BCUT2D eigenvalue weighted by atomic mass is 10.3. The van der Waals surface area contributed by atoms with Crippen LogP contribution < -0.4 is 4.90 Å². The van der Waals surface area contributed by atoms with Gasteiger partial charge in [-0.25, -0.2) is 9.78 Å². The molecule has 0 aromatic carbocycles. The third-order valence-corrected chi connectivity index (χ3v) is 1.91. The zero-order valence-electron chi connectivity index (χ0n) is 9.36. The van der Waals surface area contributed by atoms with E-state index in [4.69, 9.17) is 4.74 Å². The lowest BCUT2D eigenvalue weighted by Gasteiger charge is -2.11. The van der Waals surface area contributed by atoms with Crippen LogP contribution in [0.2, 0.25) is 0 Å². The van der Waals surface area contributed by atoms with Crippen LogP contribution in [0.1, 0.15) is 23.8 Å². The van der Waals surface area contributed by atoms with Gasteiger partial charge in [-0.2, -0.15) is 0 Å². The van der Waals surface area contributed by atoms with Gasteiger partial charge < -0.3 is 9.64 Å². The van der Waals surface area contributed by atoms with Crippen molar-refractivity contribution in [3.8, 4) is 0 Å².